The van der Waals surface area contributed by atoms with Crippen LogP contribution in [0.4, 0.5) is 0 Å². The zero-order valence-corrected chi connectivity index (χ0v) is 13.1. The third-order valence-corrected chi connectivity index (χ3v) is 2.97. The lowest BCUT2D eigenvalue weighted by atomic mass is 10.1. The van der Waals surface area contributed by atoms with Crippen molar-refractivity contribution < 1.29 is 14.2 Å². The topological polar surface area (TPSA) is 39.7 Å². The van der Waals surface area contributed by atoms with Crippen LogP contribution < -0.4 is 14.8 Å². The average molecular weight is 281 g/mol. The third kappa shape index (κ3) is 5.39. The summed E-state index contributed by atoms with van der Waals surface area (Å²) in [6.07, 6.45) is 1.17. The second kappa shape index (κ2) is 9.61. The molecule has 4 nitrogen and oxygen atoms in total. The summed E-state index contributed by atoms with van der Waals surface area (Å²) in [5.41, 5.74) is 1.12. The molecule has 1 aromatic rings. The van der Waals surface area contributed by atoms with Crippen LogP contribution >= 0.6 is 0 Å². The molecule has 4 heteroatoms. The van der Waals surface area contributed by atoms with E-state index >= 15 is 0 Å². The first-order chi connectivity index (χ1) is 9.72. The smallest absolute Gasteiger partial charge is 0.165 e. The summed E-state index contributed by atoms with van der Waals surface area (Å²) >= 11 is 0. The Kier molecular flexibility index (Phi) is 8.07. The van der Waals surface area contributed by atoms with Crippen LogP contribution in [-0.4, -0.2) is 33.0 Å². The molecule has 0 saturated heterocycles. The Hall–Kier alpha value is -1.26. The number of hydrogen-bond donors (Lipinski definition) is 1. The quantitative estimate of drug-likeness (QED) is 0.669. The molecule has 0 fully saturated rings. The van der Waals surface area contributed by atoms with Crippen molar-refractivity contribution in [3.8, 4) is 11.5 Å². The zero-order chi connectivity index (χ0) is 14.8. The van der Waals surface area contributed by atoms with Crippen molar-refractivity contribution in [1.29, 1.82) is 0 Å². The second-order valence-corrected chi connectivity index (χ2v) is 4.71. The molecule has 0 bridgehead atoms. The number of hydrogen-bond acceptors (Lipinski definition) is 4. The fourth-order valence-electron chi connectivity index (χ4n) is 1.80. The SMILES string of the molecule is CCCNCc1cccc(OCC)c1OCC(C)OC. The van der Waals surface area contributed by atoms with Crippen LogP contribution in [0.1, 0.15) is 32.8 Å². The van der Waals surface area contributed by atoms with Gasteiger partial charge in [-0.15, -0.1) is 0 Å². The summed E-state index contributed by atoms with van der Waals surface area (Å²) in [4.78, 5) is 0. The number of methoxy groups -OCH3 is 1. The molecule has 0 aliphatic carbocycles. The van der Waals surface area contributed by atoms with Gasteiger partial charge in [0.05, 0.1) is 12.7 Å². The molecule has 0 aliphatic rings. The summed E-state index contributed by atoms with van der Waals surface area (Å²) < 4.78 is 16.8. The van der Waals surface area contributed by atoms with Crippen LogP contribution in [0.25, 0.3) is 0 Å². The van der Waals surface area contributed by atoms with E-state index in [4.69, 9.17) is 14.2 Å². The van der Waals surface area contributed by atoms with Crippen LogP contribution in [0.2, 0.25) is 0 Å². The van der Waals surface area contributed by atoms with Crippen LogP contribution in [0.3, 0.4) is 0 Å². The van der Waals surface area contributed by atoms with Crippen LogP contribution in [-0.2, 0) is 11.3 Å². The van der Waals surface area contributed by atoms with Crippen LogP contribution in [0.15, 0.2) is 18.2 Å². The van der Waals surface area contributed by atoms with E-state index in [2.05, 4.69) is 18.3 Å². The van der Waals surface area contributed by atoms with Gasteiger partial charge in [0.15, 0.2) is 11.5 Å². The molecule has 1 aromatic carbocycles. The molecule has 1 N–H and O–H groups in total. The van der Waals surface area contributed by atoms with E-state index in [1.54, 1.807) is 7.11 Å². The minimum absolute atomic E-state index is 0.0566. The van der Waals surface area contributed by atoms with E-state index in [1.165, 1.54) is 0 Å². The molecule has 1 unspecified atom stereocenters. The fraction of sp³-hybridized carbons (Fsp3) is 0.625. The van der Waals surface area contributed by atoms with Crippen molar-refractivity contribution in [3.05, 3.63) is 23.8 Å². The Balaban J connectivity index is 2.81. The number of nitrogens with one attached hydrogen (secondary N) is 1. The van der Waals surface area contributed by atoms with Gasteiger partial charge in [0.1, 0.15) is 6.61 Å². The lowest BCUT2D eigenvalue weighted by molar-refractivity contribution is 0.0699. The Morgan fingerprint density at radius 1 is 1.20 bits per heavy atom. The summed E-state index contributed by atoms with van der Waals surface area (Å²) in [6.45, 7) is 9.03. The number of ether oxygens (including phenoxy) is 3. The minimum atomic E-state index is 0.0566. The minimum Gasteiger partial charge on any atom is -0.490 e. The standard InChI is InChI=1S/C16H27NO3/c1-5-10-17-11-14-8-7-9-15(19-6-2)16(14)20-12-13(3)18-4/h7-9,13,17H,5-6,10-12H2,1-4H3. The molecule has 1 atom stereocenters. The van der Waals surface area contributed by atoms with E-state index in [0.29, 0.717) is 13.2 Å². The lowest BCUT2D eigenvalue weighted by Crippen LogP contribution is -2.19. The monoisotopic (exact) mass is 281 g/mol. The molecule has 1 rings (SSSR count). The summed E-state index contributed by atoms with van der Waals surface area (Å²) in [7, 11) is 1.69. The van der Waals surface area contributed by atoms with Crippen molar-refractivity contribution in [3.63, 3.8) is 0 Å². The number of rotatable bonds is 10. The molecule has 0 heterocycles. The summed E-state index contributed by atoms with van der Waals surface area (Å²) in [5.74, 6) is 1.62. The Morgan fingerprint density at radius 2 is 2.00 bits per heavy atom. The molecule has 0 spiro atoms. The number of benzene rings is 1. The van der Waals surface area contributed by atoms with E-state index in [0.717, 1.165) is 36.6 Å². The normalized spacial score (nSPS) is 12.2. The van der Waals surface area contributed by atoms with Gasteiger partial charge in [0, 0.05) is 19.2 Å². The summed E-state index contributed by atoms with van der Waals surface area (Å²) in [5, 5.41) is 3.40. The fourth-order valence-corrected chi connectivity index (χ4v) is 1.80. The van der Waals surface area contributed by atoms with Gasteiger partial charge in [-0.1, -0.05) is 19.1 Å². The first kappa shape index (κ1) is 16.8. The number of para-hydroxylation sites is 1. The summed E-state index contributed by atoms with van der Waals surface area (Å²) in [6, 6.07) is 6.01. The molecule has 20 heavy (non-hydrogen) atoms. The van der Waals surface area contributed by atoms with E-state index in [9.17, 15) is 0 Å². The van der Waals surface area contributed by atoms with Crippen molar-refractivity contribution in [2.75, 3.05) is 26.9 Å². The lowest BCUT2D eigenvalue weighted by Gasteiger charge is -2.18. The van der Waals surface area contributed by atoms with Gasteiger partial charge >= 0.3 is 0 Å². The third-order valence-electron chi connectivity index (χ3n) is 2.97. The van der Waals surface area contributed by atoms with E-state index in [-0.39, 0.29) is 6.10 Å². The maximum Gasteiger partial charge on any atom is 0.165 e. The van der Waals surface area contributed by atoms with E-state index in [1.807, 2.05) is 26.0 Å². The second-order valence-electron chi connectivity index (χ2n) is 4.71. The van der Waals surface area contributed by atoms with Gasteiger partial charge < -0.3 is 19.5 Å². The first-order valence-corrected chi connectivity index (χ1v) is 7.33. The highest BCUT2D eigenvalue weighted by Gasteiger charge is 2.12. The Morgan fingerprint density at radius 3 is 2.65 bits per heavy atom. The average Bonchev–Trinajstić information content (AvgIpc) is 2.46. The van der Waals surface area contributed by atoms with Crippen LogP contribution in [0.5, 0.6) is 11.5 Å². The predicted molar refractivity (Wildman–Crippen MR) is 81.6 cm³/mol. The molecule has 0 amide bonds. The zero-order valence-electron chi connectivity index (χ0n) is 13.1. The molecule has 0 saturated carbocycles. The largest absolute Gasteiger partial charge is 0.490 e. The van der Waals surface area contributed by atoms with Crippen molar-refractivity contribution in [2.24, 2.45) is 0 Å². The van der Waals surface area contributed by atoms with Gasteiger partial charge in [0.2, 0.25) is 0 Å². The highest BCUT2D eigenvalue weighted by atomic mass is 16.5. The highest BCUT2D eigenvalue weighted by Crippen LogP contribution is 2.31. The molecule has 0 radical (unpaired) electrons. The van der Waals surface area contributed by atoms with Gasteiger partial charge in [-0.2, -0.15) is 0 Å². The maximum absolute atomic E-state index is 5.91. The predicted octanol–water partition coefficient (Wildman–Crippen LogP) is 3.00. The van der Waals surface area contributed by atoms with Gasteiger partial charge in [-0.05, 0) is 32.9 Å². The van der Waals surface area contributed by atoms with Crippen molar-refractivity contribution in [1.82, 2.24) is 5.32 Å². The molecular formula is C16H27NO3. The Labute approximate surface area is 122 Å². The molecule has 114 valence electrons. The first-order valence-electron chi connectivity index (χ1n) is 7.33. The maximum atomic E-state index is 5.91. The van der Waals surface area contributed by atoms with Gasteiger partial charge in [-0.3, -0.25) is 0 Å². The van der Waals surface area contributed by atoms with Crippen LogP contribution in [0, 0.1) is 0 Å². The molecule has 0 aromatic heterocycles. The van der Waals surface area contributed by atoms with Gasteiger partial charge in [-0.25, -0.2) is 0 Å². The molecule has 0 aliphatic heterocycles. The van der Waals surface area contributed by atoms with E-state index < -0.39 is 0 Å². The highest BCUT2D eigenvalue weighted by molar-refractivity contribution is 5.46. The Bertz CT molecular complexity index is 382. The van der Waals surface area contributed by atoms with Crippen molar-refractivity contribution in [2.45, 2.75) is 39.8 Å². The molecular weight excluding hydrogens is 254 g/mol. The van der Waals surface area contributed by atoms with Gasteiger partial charge in [0.25, 0.3) is 0 Å². The van der Waals surface area contributed by atoms with Crippen molar-refractivity contribution >= 4 is 0 Å².